The summed E-state index contributed by atoms with van der Waals surface area (Å²) < 4.78 is 22.7. The van der Waals surface area contributed by atoms with E-state index in [1.807, 2.05) is 0 Å². The SMILES string of the molecule is CCN(c1ccc(B(O)O)cc1)[S](=O)=O. The summed E-state index contributed by atoms with van der Waals surface area (Å²) in [4.78, 5) is 0. The van der Waals surface area contributed by atoms with Gasteiger partial charge in [0, 0.05) is 6.54 Å². The monoisotopic (exact) mass is 228 g/mol. The van der Waals surface area contributed by atoms with Crippen LogP contribution in [0.25, 0.3) is 0 Å². The fraction of sp³-hybridized carbons (Fsp3) is 0.250. The maximum atomic E-state index is 10.8. The number of rotatable bonds is 4. The van der Waals surface area contributed by atoms with Gasteiger partial charge in [0.05, 0.1) is 5.69 Å². The molecular formula is C8H11BNO4S. The van der Waals surface area contributed by atoms with E-state index in [1.54, 1.807) is 6.92 Å². The summed E-state index contributed by atoms with van der Waals surface area (Å²) in [6.07, 6.45) is 0. The van der Waals surface area contributed by atoms with Gasteiger partial charge in [-0.2, -0.15) is 8.42 Å². The highest BCUT2D eigenvalue weighted by Gasteiger charge is 2.12. The van der Waals surface area contributed by atoms with E-state index in [9.17, 15) is 8.42 Å². The standard InChI is InChI=1S/C8H11BNO4S/c1-2-10(15(13)14)8-5-3-7(4-6-8)9(11)12/h3-6,11-12H,2H2,1H3. The highest BCUT2D eigenvalue weighted by molar-refractivity contribution is 7.74. The molecule has 0 heterocycles. The Labute approximate surface area is 90.2 Å². The predicted molar refractivity (Wildman–Crippen MR) is 58.2 cm³/mol. The van der Waals surface area contributed by atoms with Crippen molar-refractivity contribution in [3.63, 3.8) is 0 Å². The van der Waals surface area contributed by atoms with Crippen LogP contribution in [-0.2, 0) is 10.9 Å². The highest BCUT2D eigenvalue weighted by atomic mass is 32.2. The van der Waals surface area contributed by atoms with Crippen molar-refractivity contribution in [1.82, 2.24) is 0 Å². The molecule has 1 aromatic carbocycles. The number of anilines is 1. The average molecular weight is 228 g/mol. The van der Waals surface area contributed by atoms with E-state index in [2.05, 4.69) is 0 Å². The molecule has 0 aromatic heterocycles. The first-order valence-corrected chi connectivity index (χ1v) is 5.42. The van der Waals surface area contributed by atoms with Gasteiger partial charge in [-0.3, -0.25) is 0 Å². The molecule has 1 radical (unpaired) electrons. The van der Waals surface area contributed by atoms with Crippen LogP contribution in [0.2, 0.25) is 0 Å². The molecule has 0 spiro atoms. The van der Waals surface area contributed by atoms with Crippen molar-refractivity contribution >= 4 is 29.2 Å². The van der Waals surface area contributed by atoms with E-state index >= 15 is 0 Å². The molecule has 0 fully saturated rings. The van der Waals surface area contributed by atoms with E-state index in [0.717, 1.165) is 4.31 Å². The fourth-order valence-electron chi connectivity index (χ4n) is 1.19. The summed E-state index contributed by atoms with van der Waals surface area (Å²) >= 11 is 0. The molecule has 0 saturated carbocycles. The molecule has 2 N–H and O–H groups in total. The molecule has 0 unspecified atom stereocenters. The van der Waals surface area contributed by atoms with E-state index in [1.165, 1.54) is 24.3 Å². The lowest BCUT2D eigenvalue weighted by Crippen LogP contribution is -2.30. The number of nitrogens with zero attached hydrogens (tertiary/aromatic N) is 1. The van der Waals surface area contributed by atoms with Gasteiger partial charge in [0.25, 0.3) is 10.9 Å². The van der Waals surface area contributed by atoms with Crippen LogP contribution in [0.5, 0.6) is 0 Å². The maximum Gasteiger partial charge on any atom is 0.488 e. The third kappa shape index (κ3) is 2.88. The minimum absolute atomic E-state index is 0.325. The van der Waals surface area contributed by atoms with Crippen molar-refractivity contribution in [3.8, 4) is 0 Å². The van der Waals surface area contributed by atoms with E-state index < -0.39 is 18.0 Å². The number of hydrogen-bond donors (Lipinski definition) is 2. The van der Waals surface area contributed by atoms with Crippen LogP contribution < -0.4 is 9.77 Å². The topological polar surface area (TPSA) is 77.8 Å². The van der Waals surface area contributed by atoms with Crippen molar-refractivity contribution in [2.45, 2.75) is 6.92 Å². The van der Waals surface area contributed by atoms with Crippen molar-refractivity contribution in [3.05, 3.63) is 24.3 Å². The summed E-state index contributed by atoms with van der Waals surface area (Å²) in [5.41, 5.74) is 0.821. The second-order valence-corrected chi connectivity index (χ2v) is 3.75. The molecule has 0 amide bonds. The maximum absolute atomic E-state index is 10.8. The van der Waals surface area contributed by atoms with E-state index in [0.29, 0.717) is 17.7 Å². The third-order valence-electron chi connectivity index (χ3n) is 1.95. The summed E-state index contributed by atoms with van der Waals surface area (Å²) in [5.74, 6) is 0. The smallest absolute Gasteiger partial charge is 0.423 e. The molecule has 81 valence electrons. The predicted octanol–water partition coefficient (Wildman–Crippen LogP) is -1.01. The van der Waals surface area contributed by atoms with Gasteiger partial charge in [-0.15, -0.1) is 0 Å². The quantitative estimate of drug-likeness (QED) is 0.647. The molecule has 0 aliphatic heterocycles. The van der Waals surface area contributed by atoms with Crippen LogP contribution in [-0.4, -0.2) is 32.1 Å². The van der Waals surface area contributed by atoms with Crippen molar-refractivity contribution < 1.29 is 18.5 Å². The first kappa shape index (κ1) is 11.9. The Bertz CT molecular complexity index is 382. The molecule has 0 aliphatic carbocycles. The Hall–Kier alpha value is -1.18. The first-order chi connectivity index (χ1) is 7.06. The molecule has 1 rings (SSSR count). The Morgan fingerprint density at radius 1 is 1.27 bits per heavy atom. The van der Waals surface area contributed by atoms with E-state index in [4.69, 9.17) is 10.0 Å². The van der Waals surface area contributed by atoms with Gasteiger partial charge in [-0.05, 0) is 24.5 Å². The Morgan fingerprint density at radius 2 is 1.80 bits per heavy atom. The van der Waals surface area contributed by atoms with E-state index in [-0.39, 0.29) is 0 Å². The highest BCUT2D eigenvalue weighted by Crippen LogP contribution is 2.11. The normalized spacial score (nSPS) is 9.80. The van der Waals surface area contributed by atoms with Gasteiger partial charge in [-0.1, -0.05) is 12.1 Å². The van der Waals surface area contributed by atoms with Gasteiger partial charge in [0.2, 0.25) is 0 Å². The van der Waals surface area contributed by atoms with Crippen LogP contribution in [0, 0.1) is 0 Å². The number of benzene rings is 1. The molecule has 1 aromatic rings. The van der Waals surface area contributed by atoms with Crippen LogP contribution in [0.4, 0.5) is 5.69 Å². The summed E-state index contributed by atoms with van der Waals surface area (Å²) in [6, 6.07) is 5.98. The van der Waals surface area contributed by atoms with Gasteiger partial charge >= 0.3 is 7.12 Å². The zero-order chi connectivity index (χ0) is 11.4. The van der Waals surface area contributed by atoms with Crippen molar-refractivity contribution in [2.24, 2.45) is 0 Å². The second-order valence-electron chi connectivity index (χ2n) is 2.88. The summed E-state index contributed by atoms with van der Waals surface area (Å²) in [5, 5.41) is 17.7. The molecule has 7 heteroatoms. The molecular weight excluding hydrogens is 217 g/mol. The molecule has 0 bridgehead atoms. The zero-order valence-corrected chi connectivity index (χ0v) is 8.98. The second kappa shape index (κ2) is 5.06. The minimum Gasteiger partial charge on any atom is -0.423 e. The lowest BCUT2D eigenvalue weighted by atomic mass is 9.80. The largest absolute Gasteiger partial charge is 0.488 e. The van der Waals surface area contributed by atoms with Gasteiger partial charge < -0.3 is 10.0 Å². The van der Waals surface area contributed by atoms with Crippen molar-refractivity contribution in [1.29, 1.82) is 0 Å². The fourth-order valence-corrected chi connectivity index (χ4v) is 1.69. The van der Waals surface area contributed by atoms with Crippen LogP contribution in [0.1, 0.15) is 6.92 Å². The van der Waals surface area contributed by atoms with Crippen molar-refractivity contribution in [2.75, 3.05) is 10.8 Å². The molecule has 0 aliphatic rings. The third-order valence-corrected chi connectivity index (χ3v) is 2.78. The van der Waals surface area contributed by atoms with Crippen LogP contribution in [0.3, 0.4) is 0 Å². The van der Waals surface area contributed by atoms with Gasteiger partial charge in [-0.25, -0.2) is 4.31 Å². The van der Waals surface area contributed by atoms with Gasteiger partial charge in [0.15, 0.2) is 0 Å². The Balaban J connectivity index is 2.97. The lowest BCUT2D eigenvalue weighted by molar-refractivity contribution is 0.426. The zero-order valence-electron chi connectivity index (χ0n) is 8.16. The average Bonchev–Trinajstić information content (AvgIpc) is 2.19. The summed E-state index contributed by atoms with van der Waals surface area (Å²) in [7, 11) is -3.85. The lowest BCUT2D eigenvalue weighted by Gasteiger charge is -2.13. The molecule has 0 saturated heterocycles. The Morgan fingerprint density at radius 3 is 2.13 bits per heavy atom. The summed E-state index contributed by atoms with van der Waals surface area (Å²) in [6.45, 7) is 2.04. The molecule has 5 nitrogen and oxygen atoms in total. The molecule has 15 heavy (non-hydrogen) atoms. The minimum atomic E-state index is -2.31. The Kier molecular flexibility index (Phi) is 4.01. The first-order valence-electron chi connectivity index (χ1n) is 4.39. The van der Waals surface area contributed by atoms with Crippen LogP contribution in [0.15, 0.2) is 24.3 Å². The van der Waals surface area contributed by atoms with Crippen LogP contribution >= 0.6 is 0 Å². The number of hydrogen-bond acceptors (Lipinski definition) is 4. The molecule has 0 atom stereocenters. The van der Waals surface area contributed by atoms with Gasteiger partial charge in [0.1, 0.15) is 0 Å².